The molecule has 0 amide bonds. The van der Waals surface area contributed by atoms with E-state index in [1.54, 1.807) is 0 Å². The molecule has 0 saturated heterocycles. The summed E-state index contributed by atoms with van der Waals surface area (Å²) < 4.78 is 0. The molecule has 1 aromatic rings. The first-order valence-corrected chi connectivity index (χ1v) is 7.49. The van der Waals surface area contributed by atoms with Gasteiger partial charge in [-0.05, 0) is 24.3 Å². The van der Waals surface area contributed by atoms with Gasteiger partial charge in [-0.25, -0.2) is 0 Å². The van der Waals surface area contributed by atoms with E-state index >= 15 is 0 Å². The average molecular weight is 256 g/mol. The zero-order valence-corrected chi connectivity index (χ0v) is 11.8. The number of hydrogen-bond donors (Lipinski definition) is 1. The molecule has 19 heavy (non-hydrogen) atoms. The van der Waals surface area contributed by atoms with Crippen LogP contribution in [0.5, 0.6) is 0 Å². The van der Waals surface area contributed by atoms with Crippen LogP contribution in [0.2, 0.25) is 0 Å². The Bertz CT molecular complexity index is 407. The second-order valence-electron chi connectivity index (χ2n) is 5.72. The van der Waals surface area contributed by atoms with E-state index in [0.29, 0.717) is 6.04 Å². The van der Waals surface area contributed by atoms with Gasteiger partial charge in [0.05, 0.1) is 12.0 Å². The molecular weight excluding hydrogens is 232 g/mol. The highest BCUT2D eigenvalue weighted by atomic mass is 14.9. The van der Waals surface area contributed by atoms with Gasteiger partial charge < -0.3 is 5.32 Å². The molecule has 3 unspecified atom stereocenters. The first kappa shape index (κ1) is 14.1. The van der Waals surface area contributed by atoms with Crippen molar-refractivity contribution >= 4 is 0 Å². The highest BCUT2D eigenvalue weighted by molar-refractivity contribution is 5.25. The van der Waals surface area contributed by atoms with Crippen molar-refractivity contribution in [3.63, 3.8) is 0 Å². The Morgan fingerprint density at radius 2 is 1.95 bits per heavy atom. The van der Waals surface area contributed by atoms with Crippen LogP contribution in [0.15, 0.2) is 30.3 Å². The van der Waals surface area contributed by atoms with E-state index < -0.39 is 0 Å². The molecule has 3 atom stereocenters. The molecule has 2 nitrogen and oxygen atoms in total. The lowest BCUT2D eigenvalue weighted by atomic mass is 9.95. The number of rotatable bonds is 4. The van der Waals surface area contributed by atoms with Crippen molar-refractivity contribution in [3.05, 3.63) is 35.9 Å². The highest BCUT2D eigenvalue weighted by Gasteiger charge is 2.20. The molecule has 102 valence electrons. The zero-order valence-electron chi connectivity index (χ0n) is 11.8. The van der Waals surface area contributed by atoms with Crippen LogP contribution < -0.4 is 5.32 Å². The summed E-state index contributed by atoms with van der Waals surface area (Å²) in [5.41, 5.74) is 1.12. The Morgan fingerprint density at radius 3 is 2.68 bits per heavy atom. The molecule has 0 aromatic heterocycles. The van der Waals surface area contributed by atoms with Crippen LogP contribution in [0.4, 0.5) is 0 Å². The Kier molecular flexibility index (Phi) is 5.42. The maximum absolute atomic E-state index is 9.34. The number of nitriles is 1. The molecule has 1 fully saturated rings. The van der Waals surface area contributed by atoms with Gasteiger partial charge in [-0.3, -0.25) is 0 Å². The fourth-order valence-electron chi connectivity index (χ4n) is 2.99. The fraction of sp³-hybridized carbons (Fsp3) is 0.588. The number of hydrogen-bond acceptors (Lipinski definition) is 2. The van der Waals surface area contributed by atoms with Crippen molar-refractivity contribution in [1.29, 1.82) is 5.26 Å². The average Bonchev–Trinajstić information content (AvgIpc) is 2.66. The third-order valence-electron chi connectivity index (χ3n) is 4.30. The van der Waals surface area contributed by atoms with Gasteiger partial charge in [-0.2, -0.15) is 5.26 Å². The SMILES string of the molecule is CC1CCCCCC1NCC(C#N)c1ccccc1. The van der Waals surface area contributed by atoms with Crippen molar-refractivity contribution in [2.45, 2.75) is 51.0 Å². The quantitative estimate of drug-likeness (QED) is 0.830. The van der Waals surface area contributed by atoms with Crippen LogP contribution in [0.1, 0.15) is 50.5 Å². The third-order valence-corrected chi connectivity index (χ3v) is 4.30. The third kappa shape index (κ3) is 4.08. The molecule has 0 radical (unpaired) electrons. The maximum Gasteiger partial charge on any atom is 0.0837 e. The van der Waals surface area contributed by atoms with E-state index in [1.165, 1.54) is 32.1 Å². The van der Waals surface area contributed by atoms with Crippen molar-refractivity contribution in [2.24, 2.45) is 5.92 Å². The van der Waals surface area contributed by atoms with Crippen molar-refractivity contribution in [1.82, 2.24) is 5.32 Å². The Labute approximate surface area is 116 Å². The van der Waals surface area contributed by atoms with Gasteiger partial charge in [0, 0.05) is 12.6 Å². The van der Waals surface area contributed by atoms with Gasteiger partial charge in [-0.15, -0.1) is 0 Å². The zero-order chi connectivity index (χ0) is 13.5. The van der Waals surface area contributed by atoms with Gasteiger partial charge in [0.1, 0.15) is 0 Å². The van der Waals surface area contributed by atoms with Gasteiger partial charge in [0.15, 0.2) is 0 Å². The summed E-state index contributed by atoms with van der Waals surface area (Å²) in [6.07, 6.45) is 6.63. The minimum Gasteiger partial charge on any atom is -0.312 e. The Hall–Kier alpha value is -1.33. The van der Waals surface area contributed by atoms with Gasteiger partial charge >= 0.3 is 0 Å². The molecule has 1 aromatic carbocycles. The largest absolute Gasteiger partial charge is 0.312 e. The van der Waals surface area contributed by atoms with E-state index in [4.69, 9.17) is 0 Å². The molecule has 1 aliphatic rings. The Morgan fingerprint density at radius 1 is 1.21 bits per heavy atom. The van der Waals surface area contributed by atoms with Gasteiger partial charge in [0.2, 0.25) is 0 Å². The molecule has 0 spiro atoms. The molecular formula is C17H24N2. The summed E-state index contributed by atoms with van der Waals surface area (Å²) in [6, 6.07) is 13.1. The molecule has 1 N–H and O–H groups in total. The smallest absolute Gasteiger partial charge is 0.0837 e. The second-order valence-corrected chi connectivity index (χ2v) is 5.72. The van der Waals surface area contributed by atoms with Crippen LogP contribution in [0.25, 0.3) is 0 Å². The minimum atomic E-state index is -0.0309. The lowest BCUT2D eigenvalue weighted by molar-refractivity contribution is 0.356. The van der Waals surface area contributed by atoms with Crippen molar-refractivity contribution in [3.8, 4) is 6.07 Å². The predicted octanol–water partition coefficient (Wildman–Crippen LogP) is 3.85. The van der Waals surface area contributed by atoms with Crippen LogP contribution >= 0.6 is 0 Å². The summed E-state index contributed by atoms with van der Waals surface area (Å²) in [4.78, 5) is 0. The summed E-state index contributed by atoms with van der Waals surface area (Å²) in [5.74, 6) is 0.703. The summed E-state index contributed by atoms with van der Waals surface area (Å²) in [7, 11) is 0. The molecule has 2 rings (SSSR count). The standard InChI is InChI=1S/C17H24N2/c1-14-8-4-2-7-11-17(14)19-13-16(12-18)15-9-5-3-6-10-15/h3,5-6,9-10,14,16-17,19H,2,4,7-8,11,13H2,1H3. The Balaban J connectivity index is 1.91. The maximum atomic E-state index is 9.34. The lowest BCUT2D eigenvalue weighted by Crippen LogP contribution is -2.36. The van der Waals surface area contributed by atoms with Gasteiger partial charge in [0.25, 0.3) is 0 Å². The van der Waals surface area contributed by atoms with Gasteiger partial charge in [-0.1, -0.05) is 56.5 Å². The summed E-state index contributed by atoms with van der Waals surface area (Å²) in [6.45, 7) is 3.11. The molecule has 2 heteroatoms. The second kappa shape index (κ2) is 7.31. The van der Waals surface area contributed by atoms with Crippen LogP contribution in [0, 0.1) is 17.2 Å². The molecule has 1 aliphatic carbocycles. The van der Waals surface area contributed by atoms with Crippen LogP contribution in [0.3, 0.4) is 0 Å². The van der Waals surface area contributed by atoms with Crippen LogP contribution in [-0.4, -0.2) is 12.6 Å². The summed E-state index contributed by atoms with van der Waals surface area (Å²) >= 11 is 0. The minimum absolute atomic E-state index is 0.0309. The van der Waals surface area contributed by atoms with E-state index in [0.717, 1.165) is 18.0 Å². The van der Waals surface area contributed by atoms with E-state index in [9.17, 15) is 5.26 Å². The number of nitrogens with zero attached hydrogens (tertiary/aromatic N) is 1. The van der Waals surface area contributed by atoms with Crippen LogP contribution in [-0.2, 0) is 0 Å². The predicted molar refractivity (Wildman–Crippen MR) is 78.8 cm³/mol. The van der Waals surface area contributed by atoms with Crippen molar-refractivity contribution in [2.75, 3.05) is 6.54 Å². The molecule has 1 saturated carbocycles. The first-order chi connectivity index (χ1) is 9.31. The van der Waals surface area contributed by atoms with E-state index in [2.05, 4.69) is 18.3 Å². The van der Waals surface area contributed by atoms with Crippen molar-refractivity contribution < 1.29 is 0 Å². The topological polar surface area (TPSA) is 35.8 Å². The number of benzene rings is 1. The summed E-state index contributed by atoms with van der Waals surface area (Å²) in [5, 5.41) is 13.0. The lowest BCUT2D eigenvalue weighted by Gasteiger charge is -2.24. The molecule has 0 heterocycles. The van der Waals surface area contributed by atoms with E-state index in [1.807, 2.05) is 30.3 Å². The van der Waals surface area contributed by atoms with E-state index in [-0.39, 0.29) is 5.92 Å². The first-order valence-electron chi connectivity index (χ1n) is 7.49. The molecule has 0 bridgehead atoms. The highest BCUT2D eigenvalue weighted by Crippen LogP contribution is 2.23. The monoisotopic (exact) mass is 256 g/mol. The normalized spacial score (nSPS) is 25.3. The fourth-order valence-corrected chi connectivity index (χ4v) is 2.99. The number of nitrogens with one attached hydrogen (secondary N) is 1. The molecule has 0 aliphatic heterocycles.